The van der Waals surface area contributed by atoms with Crippen LogP contribution in [0.2, 0.25) is 0 Å². The van der Waals surface area contributed by atoms with E-state index in [1.54, 1.807) is 0 Å². The van der Waals surface area contributed by atoms with E-state index >= 15 is 0 Å². The maximum Gasteiger partial charge on any atom is 0.120 e. The summed E-state index contributed by atoms with van der Waals surface area (Å²) in [5.74, 6) is 0.903. The fraction of sp³-hybridized carbons (Fsp3) is 0.389. The van der Waals surface area contributed by atoms with Gasteiger partial charge in [-0.15, -0.1) is 0 Å². The van der Waals surface area contributed by atoms with Crippen LogP contribution in [0.5, 0.6) is 5.75 Å². The van der Waals surface area contributed by atoms with Crippen molar-refractivity contribution in [3.63, 3.8) is 0 Å². The third kappa shape index (κ3) is 3.82. The zero-order valence-electron chi connectivity index (χ0n) is 13.5. The maximum absolute atomic E-state index is 5.79. The van der Waals surface area contributed by atoms with Gasteiger partial charge < -0.3 is 10.1 Å². The summed E-state index contributed by atoms with van der Waals surface area (Å²) in [7, 11) is 1.97. The van der Waals surface area contributed by atoms with Gasteiger partial charge in [0.15, 0.2) is 0 Å². The molecule has 1 aromatic heterocycles. The minimum Gasteiger partial charge on any atom is -0.491 e. The summed E-state index contributed by atoms with van der Waals surface area (Å²) in [6, 6.07) is 12.6. The smallest absolute Gasteiger partial charge is 0.120 e. The minimum absolute atomic E-state index is 0.119. The van der Waals surface area contributed by atoms with Crippen LogP contribution in [0.4, 0.5) is 0 Å². The van der Waals surface area contributed by atoms with Crippen LogP contribution >= 0.6 is 0 Å². The Hall–Kier alpha value is -1.87. The molecule has 0 amide bonds. The topological polar surface area (TPSA) is 34.1 Å². The first-order valence-electron chi connectivity index (χ1n) is 7.39. The van der Waals surface area contributed by atoms with Crippen molar-refractivity contribution in [3.8, 4) is 5.75 Å². The van der Waals surface area contributed by atoms with Crippen molar-refractivity contribution in [2.75, 3.05) is 7.05 Å². The molecule has 21 heavy (non-hydrogen) atoms. The lowest BCUT2D eigenvalue weighted by Gasteiger charge is -2.20. The molecule has 0 aliphatic rings. The van der Waals surface area contributed by atoms with Crippen LogP contribution in [-0.4, -0.2) is 18.1 Å². The third-order valence-corrected chi connectivity index (χ3v) is 3.43. The zero-order chi connectivity index (χ0) is 15.4. The van der Waals surface area contributed by atoms with E-state index < -0.39 is 0 Å². The van der Waals surface area contributed by atoms with Gasteiger partial charge in [0, 0.05) is 11.4 Å². The van der Waals surface area contributed by atoms with Gasteiger partial charge in [0.05, 0.1) is 12.1 Å². The quantitative estimate of drug-likeness (QED) is 0.907. The van der Waals surface area contributed by atoms with Crippen molar-refractivity contribution in [2.45, 2.75) is 39.8 Å². The van der Waals surface area contributed by atoms with Gasteiger partial charge in [-0.05, 0) is 64.1 Å². The number of rotatable bonds is 5. The molecule has 1 aromatic carbocycles. The highest BCUT2D eigenvalue weighted by Crippen LogP contribution is 2.27. The Bertz CT molecular complexity index is 608. The SMILES string of the molecule is CNC(c1cccc(OC(C)C)c1)c1ccc(C)nc1C. The van der Waals surface area contributed by atoms with Crippen LogP contribution in [0.1, 0.15) is 42.4 Å². The molecule has 0 aliphatic carbocycles. The molecule has 3 heteroatoms. The second-order valence-electron chi connectivity index (χ2n) is 5.59. The minimum atomic E-state index is 0.119. The Kier molecular flexibility index (Phi) is 4.97. The molecule has 0 radical (unpaired) electrons. The van der Waals surface area contributed by atoms with Crippen LogP contribution in [-0.2, 0) is 0 Å². The van der Waals surface area contributed by atoms with Crippen LogP contribution < -0.4 is 10.1 Å². The van der Waals surface area contributed by atoms with E-state index in [2.05, 4.69) is 41.5 Å². The molecule has 0 saturated heterocycles. The predicted molar refractivity (Wildman–Crippen MR) is 86.8 cm³/mol. The molecule has 0 fully saturated rings. The Morgan fingerprint density at radius 2 is 1.86 bits per heavy atom. The second kappa shape index (κ2) is 6.72. The molecule has 2 aromatic rings. The second-order valence-corrected chi connectivity index (χ2v) is 5.59. The molecule has 112 valence electrons. The first-order chi connectivity index (χ1) is 10.0. The molecule has 1 heterocycles. The van der Waals surface area contributed by atoms with Crippen molar-refractivity contribution >= 4 is 0 Å². The van der Waals surface area contributed by atoms with Gasteiger partial charge in [-0.25, -0.2) is 0 Å². The van der Waals surface area contributed by atoms with E-state index in [0.29, 0.717) is 0 Å². The van der Waals surface area contributed by atoms with E-state index in [9.17, 15) is 0 Å². The van der Waals surface area contributed by atoms with Crippen LogP contribution in [0, 0.1) is 13.8 Å². The van der Waals surface area contributed by atoms with E-state index in [1.165, 1.54) is 11.1 Å². The summed E-state index contributed by atoms with van der Waals surface area (Å²) in [4.78, 5) is 4.57. The maximum atomic E-state index is 5.79. The van der Waals surface area contributed by atoms with E-state index in [-0.39, 0.29) is 12.1 Å². The van der Waals surface area contributed by atoms with Crippen molar-refractivity contribution in [1.82, 2.24) is 10.3 Å². The van der Waals surface area contributed by atoms with Gasteiger partial charge in [0.1, 0.15) is 5.75 Å². The van der Waals surface area contributed by atoms with E-state index in [1.807, 2.05) is 40.0 Å². The molecular weight excluding hydrogens is 260 g/mol. The molecular formula is C18H24N2O. The van der Waals surface area contributed by atoms with Gasteiger partial charge in [-0.3, -0.25) is 4.98 Å². The number of ether oxygens (including phenoxy) is 1. The summed E-state index contributed by atoms with van der Waals surface area (Å²) in [5, 5.41) is 3.38. The molecule has 3 nitrogen and oxygen atoms in total. The summed E-state index contributed by atoms with van der Waals surface area (Å²) in [6.45, 7) is 8.15. The Labute approximate surface area is 127 Å². The zero-order valence-corrected chi connectivity index (χ0v) is 13.5. The lowest BCUT2D eigenvalue weighted by Crippen LogP contribution is -2.19. The monoisotopic (exact) mass is 284 g/mol. The first-order valence-corrected chi connectivity index (χ1v) is 7.39. The van der Waals surface area contributed by atoms with Crippen LogP contribution in [0.25, 0.3) is 0 Å². The molecule has 1 atom stereocenters. The Morgan fingerprint density at radius 1 is 1.10 bits per heavy atom. The van der Waals surface area contributed by atoms with Gasteiger partial charge in [-0.1, -0.05) is 18.2 Å². The largest absolute Gasteiger partial charge is 0.491 e. The van der Waals surface area contributed by atoms with Crippen molar-refractivity contribution < 1.29 is 4.74 Å². The molecule has 2 rings (SSSR count). The fourth-order valence-electron chi connectivity index (χ4n) is 2.54. The number of nitrogens with one attached hydrogen (secondary N) is 1. The number of hydrogen-bond donors (Lipinski definition) is 1. The van der Waals surface area contributed by atoms with Gasteiger partial charge in [-0.2, -0.15) is 0 Å². The number of pyridine rings is 1. The van der Waals surface area contributed by atoms with Crippen LogP contribution in [0.3, 0.4) is 0 Å². The van der Waals surface area contributed by atoms with Gasteiger partial charge in [0.25, 0.3) is 0 Å². The number of nitrogens with zero attached hydrogens (tertiary/aromatic N) is 1. The standard InChI is InChI=1S/C18H24N2O/c1-12(2)21-16-8-6-7-15(11-16)18(19-5)17-10-9-13(3)20-14(17)4/h6-12,18-19H,1-5H3. The molecule has 0 saturated carbocycles. The highest BCUT2D eigenvalue weighted by molar-refractivity contribution is 5.38. The molecule has 1 N–H and O–H groups in total. The van der Waals surface area contributed by atoms with E-state index in [0.717, 1.165) is 17.1 Å². The molecule has 0 bridgehead atoms. The summed E-state index contributed by atoms with van der Waals surface area (Å²) < 4.78 is 5.79. The van der Waals surface area contributed by atoms with Gasteiger partial charge >= 0.3 is 0 Å². The predicted octanol–water partition coefficient (Wildman–Crippen LogP) is 3.79. The lowest BCUT2D eigenvalue weighted by molar-refractivity contribution is 0.242. The number of aryl methyl sites for hydroxylation is 2. The van der Waals surface area contributed by atoms with Crippen molar-refractivity contribution in [3.05, 3.63) is 58.9 Å². The van der Waals surface area contributed by atoms with Gasteiger partial charge in [0.2, 0.25) is 0 Å². The average Bonchev–Trinajstić information content (AvgIpc) is 2.41. The number of hydrogen-bond acceptors (Lipinski definition) is 3. The summed E-state index contributed by atoms with van der Waals surface area (Å²) >= 11 is 0. The highest BCUT2D eigenvalue weighted by atomic mass is 16.5. The van der Waals surface area contributed by atoms with Crippen molar-refractivity contribution in [2.24, 2.45) is 0 Å². The third-order valence-electron chi connectivity index (χ3n) is 3.43. The number of aromatic nitrogens is 1. The average molecular weight is 284 g/mol. The molecule has 0 aliphatic heterocycles. The summed E-state index contributed by atoms with van der Waals surface area (Å²) in [6.07, 6.45) is 0.177. The van der Waals surface area contributed by atoms with E-state index in [4.69, 9.17) is 4.74 Å². The first kappa shape index (κ1) is 15.5. The highest BCUT2D eigenvalue weighted by Gasteiger charge is 2.15. The van der Waals surface area contributed by atoms with Crippen molar-refractivity contribution in [1.29, 1.82) is 0 Å². The summed E-state index contributed by atoms with van der Waals surface area (Å²) in [5.41, 5.74) is 4.49. The Balaban J connectivity index is 2.37. The molecule has 1 unspecified atom stereocenters. The lowest BCUT2D eigenvalue weighted by atomic mass is 9.97. The normalized spacial score (nSPS) is 12.5. The van der Waals surface area contributed by atoms with Crippen LogP contribution in [0.15, 0.2) is 36.4 Å². The number of benzene rings is 1. The Morgan fingerprint density at radius 3 is 2.48 bits per heavy atom. The fourth-order valence-corrected chi connectivity index (χ4v) is 2.54. The molecule has 0 spiro atoms.